The van der Waals surface area contributed by atoms with E-state index < -0.39 is 11.7 Å². The predicted molar refractivity (Wildman–Crippen MR) is 75.4 cm³/mol. The first kappa shape index (κ1) is 13.8. The Morgan fingerprint density at radius 3 is 2.11 bits per heavy atom. The molecule has 0 saturated heterocycles. The third-order valence-corrected chi connectivity index (χ3v) is 3.80. The molecule has 1 aromatic rings. The molecule has 1 fully saturated rings. The summed E-state index contributed by atoms with van der Waals surface area (Å²) in [5, 5.41) is 2.86. The van der Waals surface area contributed by atoms with E-state index in [1.54, 1.807) is 0 Å². The Morgan fingerprint density at radius 2 is 1.58 bits per heavy atom. The van der Waals surface area contributed by atoms with Crippen molar-refractivity contribution < 1.29 is 9.59 Å². The molecule has 1 amide bonds. The fourth-order valence-corrected chi connectivity index (χ4v) is 2.97. The van der Waals surface area contributed by atoms with Gasteiger partial charge in [-0.05, 0) is 44.7 Å². The molecule has 0 aliphatic heterocycles. The van der Waals surface area contributed by atoms with Crippen molar-refractivity contribution in [2.75, 3.05) is 0 Å². The lowest BCUT2D eigenvalue weighted by Crippen LogP contribution is -2.38. The molecule has 1 saturated carbocycles. The third-order valence-electron chi connectivity index (χ3n) is 3.80. The van der Waals surface area contributed by atoms with E-state index in [2.05, 4.69) is 5.32 Å². The number of Topliss-reactive ketones (excluding diaryl/α,β-unsaturated/α-hetero) is 1. The molecule has 2 rings (SSSR count). The molecule has 0 aromatic heterocycles. The van der Waals surface area contributed by atoms with Gasteiger partial charge in [0.2, 0.25) is 0 Å². The lowest BCUT2D eigenvalue weighted by atomic mass is 9.96. The monoisotopic (exact) mass is 259 g/mol. The quantitative estimate of drug-likeness (QED) is 0.670. The van der Waals surface area contributed by atoms with Crippen LogP contribution in [0, 0.1) is 20.8 Å². The highest BCUT2D eigenvalue weighted by Gasteiger charge is 2.24. The minimum atomic E-state index is -0.457. The fraction of sp³-hybridized carbons (Fsp3) is 0.500. The minimum absolute atomic E-state index is 0.183. The molecule has 0 heterocycles. The van der Waals surface area contributed by atoms with Gasteiger partial charge in [0.15, 0.2) is 0 Å². The Hall–Kier alpha value is -1.64. The molecule has 1 N–H and O–H groups in total. The van der Waals surface area contributed by atoms with Crippen LogP contribution < -0.4 is 5.32 Å². The molecule has 0 radical (unpaired) electrons. The number of hydrogen-bond donors (Lipinski definition) is 1. The number of nitrogens with one attached hydrogen (secondary N) is 1. The average molecular weight is 259 g/mol. The zero-order valence-electron chi connectivity index (χ0n) is 11.9. The number of rotatable bonds is 3. The van der Waals surface area contributed by atoms with Crippen molar-refractivity contribution in [3.63, 3.8) is 0 Å². The highest BCUT2D eigenvalue weighted by Crippen LogP contribution is 2.19. The maximum absolute atomic E-state index is 12.3. The standard InChI is InChI=1S/C16H21NO2/c1-10-8-11(2)14(12(3)9-10)15(18)16(19)17-13-6-4-5-7-13/h8-9,13H,4-7H2,1-3H3,(H,17,19). The summed E-state index contributed by atoms with van der Waals surface area (Å²) in [5.74, 6) is -0.858. The van der Waals surface area contributed by atoms with E-state index in [1.165, 1.54) is 0 Å². The van der Waals surface area contributed by atoms with Crippen molar-refractivity contribution in [3.8, 4) is 0 Å². The molecular formula is C16H21NO2. The van der Waals surface area contributed by atoms with Gasteiger partial charge in [0.05, 0.1) is 0 Å². The summed E-state index contributed by atoms with van der Waals surface area (Å²) in [6.07, 6.45) is 4.26. The Labute approximate surface area is 114 Å². The number of hydrogen-bond acceptors (Lipinski definition) is 2. The van der Waals surface area contributed by atoms with E-state index in [1.807, 2.05) is 32.9 Å². The predicted octanol–water partition coefficient (Wildman–Crippen LogP) is 2.85. The Kier molecular flexibility index (Phi) is 4.03. The van der Waals surface area contributed by atoms with Crippen LogP contribution in [0.5, 0.6) is 0 Å². The summed E-state index contributed by atoms with van der Waals surface area (Å²) in [6.45, 7) is 5.76. The minimum Gasteiger partial charge on any atom is -0.346 e. The van der Waals surface area contributed by atoms with Crippen LogP contribution in [0.25, 0.3) is 0 Å². The van der Waals surface area contributed by atoms with Crippen molar-refractivity contribution >= 4 is 11.7 Å². The summed E-state index contributed by atoms with van der Waals surface area (Å²) in [4.78, 5) is 24.3. The molecule has 1 aromatic carbocycles. The number of carbonyl (C=O) groups excluding carboxylic acids is 2. The second-order valence-corrected chi connectivity index (χ2v) is 5.56. The van der Waals surface area contributed by atoms with Gasteiger partial charge in [-0.1, -0.05) is 30.5 Å². The number of aryl methyl sites for hydroxylation is 3. The van der Waals surface area contributed by atoms with Crippen LogP contribution in [0.2, 0.25) is 0 Å². The van der Waals surface area contributed by atoms with Gasteiger partial charge in [0.25, 0.3) is 11.7 Å². The van der Waals surface area contributed by atoms with Crippen molar-refractivity contribution in [1.29, 1.82) is 0 Å². The van der Waals surface area contributed by atoms with Gasteiger partial charge < -0.3 is 5.32 Å². The average Bonchev–Trinajstić information content (AvgIpc) is 2.80. The zero-order valence-corrected chi connectivity index (χ0v) is 11.9. The van der Waals surface area contributed by atoms with Crippen LogP contribution in [0.15, 0.2) is 12.1 Å². The Bertz CT molecular complexity index is 490. The van der Waals surface area contributed by atoms with Crippen molar-refractivity contribution in [2.24, 2.45) is 0 Å². The number of amides is 1. The topological polar surface area (TPSA) is 46.2 Å². The first-order chi connectivity index (χ1) is 8.99. The van der Waals surface area contributed by atoms with Crippen molar-refractivity contribution in [2.45, 2.75) is 52.5 Å². The van der Waals surface area contributed by atoms with Crippen LogP contribution >= 0.6 is 0 Å². The summed E-state index contributed by atoms with van der Waals surface area (Å²) in [5.41, 5.74) is 3.43. The maximum Gasteiger partial charge on any atom is 0.292 e. The normalized spacial score (nSPS) is 15.5. The van der Waals surface area contributed by atoms with E-state index in [-0.39, 0.29) is 6.04 Å². The molecule has 3 nitrogen and oxygen atoms in total. The first-order valence-electron chi connectivity index (χ1n) is 6.92. The van der Waals surface area contributed by atoms with E-state index in [0.717, 1.165) is 42.4 Å². The van der Waals surface area contributed by atoms with Crippen LogP contribution in [-0.4, -0.2) is 17.7 Å². The second-order valence-electron chi connectivity index (χ2n) is 5.56. The smallest absolute Gasteiger partial charge is 0.292 e. The van der Waals surface area contributed by atoms with Gasteiger partial charge in [-0.3, -0.25) is 9.59 Å². The van der Waals surface area contributed by atoms with E-state index in [9.17, 15) is 9.59 Å². The third kappa shape index (κ3) is 3.03. The SMILES string of the molecule is Cc1cc(C)c(C(=O)C(=O)NC2CCCC2)c(C)c1. The van der Waals surface area contributed by atoms with Gasteiger partial charge >= 0.3 is 0 Å². The van der Waals surface area contributed by atoms with Crippen LogP contribution in [0.3, 0.4) is 0 Å². The number of carbonyl (C=O) groups is 2. The molecule has 1 aliphatic rings. The van der Waals surface area contributed by atoms with E-state index >= 15 is 0 Å². The van der Waals surface area contributed by atoms with Gasteiger partial charge in [-0.15, -0.1) is 0 Å². The highest BCUT2D eigenvalue weighted by molar-refractivity contribution is 6.43. The summed E-state index contributed by atoms with van der Waals surface area (Å²) < 4.78 is 0. The first-order valence-corrected chi connectivity index (χ1v) is 6.92. The summed E-state index contributed by atoms with van der Waals surface area (Å²) in [6, 6.07) is 4.08. The molecule has 0 atom stereocenters. The zero-order chi connectivity index (χ0) is 14.0. The molecule has 0 spiro atoms. The lowest BCUT2D eigenvalue weighted by molar-refractivity contribution is -0.117. The molecule has 0 unspecified atom stereocenters. The molecular weight excluding hydrogens is 238 g/mol. The largest absolute Gasteiger partial charge is 0.346 e. The van der Waals surface area contributed by atoms with Gasteiger partial charge in [-0.2, -0.15) is 0 Å². The molecule has 1 aliphatic carbocycles. The lowest BCUT2D eigenvalue weighted by Gasteiger charge is -2.13. The van der Waals surface area contributed by atoms with Crippen molar-refractivity contribution in [1.82, 2.24) is 5.32 Å². The summed E-state index contributed by atoms with van der Waals surface area (Å²) >= 11 is 0. The maximum atomic E-state index is 12.3. The number of benzene rings is 1. The number of ketones is 1. The summed E-state index contributed by atoms with van der Waals surface area (Å²) in [7, 11) is 0. The van der Waals surface area contributed by atoms with Gasteiger partial charge in [0.1, 0.15) is 0 Å². The Balaban J connectivity index is 2.17. The van der Waals surface area contributed by atoms with Gasteiger partial charge in [-0.25, -0.2) is 0 Å². The molecule has 3 heteroatoms. The highest BCUT2D eigenvalue weighted by atomic mass is 16.2. The Morgan fingerprint density at radius 1 is 1.05 bits per heavy atom. The molecule has 0 bridgehead atoms. The van der Waals surface area contributed by atoms with Crippen molar-refractivity contribution in [3.05, 3.63) is 34.4 Å². The second kappa shape index (κ2) is 5.55. The molecule has 19 heavy (non-hydrogen) atoms. The fourth-order valence-electron chi connectivity index (χ4n) is 2.97. The van der Waals surface area contributed by atoms with Crippen LogP contribution in [0.4, 0.5) is 0 Å². The molecule has 102 valence electrons. The van der Waals surface area contributed by atoms with E-state index in [4.69, 9.17) is 0 Å². The van der Waals surface area contributed by atoms with Gasteiger partial charge in [0, 0.05) is 11.6 Å². The van der Waals surface area contributed by atoms with E-state index in [0.29, 0.717) is 5.56 Å². The van der Waals surface area contributed by atoms with Crippen LogP contribution in [-0.2, 0) is 4.79 Å². The van der Waals surface area contributed by atoms with Crippen LogP contribution in [0.1, 0.15) is 52.7 Å².